The van der Waals surface area contributed by atoms with E-state index >= 15 is 0 Å². The van der Waals surface area contributed by atoms with E-state index in [4.69, 9.17) is 4.74 Å². The van der Waals surface area contributed by atoms with Crippen LogP contribution in [0.4, 0.5) is 0 Å². The highest BCUT2D eigenvalue weighted by Crippen LogP contribution is 2.47. The SMILES string of the molecule is CNC(=O)C1(OCc2ccccc2)CC1C. The number of carbonyl (C=O) groups is 1. The lowest BCUT2D eigenvalue weighted by atomic mass is 10.2. The van der Waals surface area contributed by atoms with Crippen molar-refractivity contribution in [3.63, 3.8) is 0 Å². The van der Waals surface area contributed by atoms with Crippen LogP contribution in [0.25, 0.3) is 0 Å². The van der Waals surface area contributed by atoms with Gasteiger partial charge in [0, 0.05) is 7.05 Å². The van der Waals surface area contributed by atoms with Crippen molar-refractivity contribution < 1.29 is 9.53 Å². The minimum Gasteiger partial charge on any atom is -0.360 e. The van der Waals surface area contributed by atoms with Gasteiger partial charge >= 0.3 is 0 Å². The number of hydrogen-bond acceptors (Lipinski definition) is 2. The van der Waals surface area contributed by atoms with E-state index in [0.717, 1.165) is 12.0 Å². The van der Waals surface area contributed by atoms with E-state index in [0.29, 0.717) is 12.5 Å². The minimum absolute atomic E-state index is 0.00377. The van der Waals surface area contributed by atoms with Crippen LogP contribution < -0.4 is 5.32 Å². The maximum atomic E-state index is 11.7. The van der Waals surface area contributed by atoms with Gasteiger partial charge in [-0.15, -0.1) is 0 Å². The molecule has 0 aliphatic heterocycles. The summed E-state index contributed by atoms with van der Waals surface area (Å²) in [5.74, 6) is 0.312. The Kier molecular flexibility index (Phi) is 2.97. The van der Waals surface area contributed by atoms with Crippen molar-refractivity contribution in [2.45, 2.75) is 25.6 Å². The van der Waals surface area contributed by atoms with Gasteiger partial charge in [-0.05, 0) is 17.9 Å². The van der Waals surface area contributed by atoms with Crippen LogP contribution in [0, 0.1) is 5.92 Å². The van der Waals surface area contributed by atoms with Gasteiger partial charge in [-0.1, -0.05) is 37.3 Å². The Hall–Kier alpha value is -1.35. The second-order valence-electron chi connectivity index (χ2n) is 4.35. The fraction of sp³-hybridized carbons (Fsp3) is 0.462. The van der Waals surface area contributed by atoms with E-state index in [2.05, 4.69) is 5.32 Å². The molecule has 0 radical (unpaired) electrons. The molecule has 2 unspecified atom stereocenters. The smallest absolute Gasteiger partial charge is 0.252 e. The predicted molar refractivity (Wildman–Crippen MR) is 61.8 cm³/mol. The molecule has 2 atom stereocenters. The largest absolute Gasteiger partial charge is 0.360 e. The van der Waals surface area contributed by atoms with E-state index in [1.807, 2.05) is 37.3 Å². The van der Waals surface area contributed by atoms with Crippen LogP contribution in [0.3, 0.4) is 0 Å². The van der Waals surface area contributed by atoms with Crippen LogP contribution in [0.1, 0.15) is 18.9 Å². The summed E-state index contributed by atoms with van der Waals surface area (Å²) < 4.78 is 5.78. The first kappa shape index (κ1) is 11.1. The highest BCUT2D eigenvalue weighted by molar-refractivity contribution is 5.88. The topological polar surface area (TPSA) is 38.3 Å². The lowest BCUT2D eigenvalue weighted by Gasteiger charge is -2.16. The minimum atomic E-state index is -0.579. The molecule has 0 saturated heterocycles. The highest BCUT2D eigenvalue weighted by atomic mass is 16.5. The van der Waals surface area contributed by atoms with Crippen LogP contribution in [0.5, 0.6) is 0 Å². The van der Waals surface area contributed by atoms with Crippen molar-refractivity contribution in [1.29, 1.82) is 0 Å². The Labute approximate surface area is 95.8 Å². The van der Waals surface area contributed by atoms with Crippen molar-refractivity contribution in [1.82, 2.24) is 5.32 Å². The molecule has 1 fully saturated rings. The maximum Gasteiger partial charge on any atom is 0.252 e. The second kappa shape index (κ2) is 4.26. The summed E-state index contributed by atoms with van der Waals surface area (Å²) >= 11 is 0. The van der Waals surface area contributed by atoms with Crippen LogP contribution in [-0.2, 0) is 16.1 Å². The Morgan fingerprint density at radius 1 is 1.50 bits per heavy atom. The van der Waals surface area contributed by atoms with E-state index in [9.17, 15) is 4.79 Å². The number of carbonyl (C=O) groups excluding carboxylic acids is 1. The predicted octanol–water partition coefficient (Wildman–Crippen LogP) is 1.73. The summed E-state index contributed by atoms with van der Waals surface area (Å²) in [7, 11) is 1.65. The molecule has 1 amide bonds. The van der Waals surface area contributed by atoms with Gasteiger partial charge in [0.1, 0.15) is 5.60 Å². The average Bonchev–Trinajstić information content (AvgIpc) is 2.99. The highest BCUT2D eigenvalue weighted by Gasteiger charge is 2.58. The first-order valence-corrected chi connectivity index (χ1v) is 5.59. The number of nitrogens with one attached hydrogen (secondary N) is 1. The first-order chi connectivity index (χ1) is 7.69. The maximum absolute atomic E-state index is 11.7. The number of hydrogen-bond donors (Lipinski definition) is 1. The van der Waals surface area contributed by atoms with Crippen molar-refractivity contribution in [3.05, 3.63) is 35.9 Å². The summed E-state index contributed by atoms with van der Waals surface area (Å²) in [6.45, 7) is 2.54. The van der Waals surface area contributed by atoms with Gasteiger partial charge < -0.3 is 10.1 Å². The van der Waals surface area contributed by atoms with Crippen molar-refractivity contribution in [2.75, 3.05) is 7.05 Å². The normalized spacial score (nSPS) is 27.5. The third kappa shape index (κ3) is 1.95. The molecule has 16 heavy (non-hydrogen) atoms. The molecule has 1 aliphatic carbocycles. The first-order valence-electron chi connectivity index (χ1n) is 5.59. The van der Waals surface area contributed by atoms with E-state index in [1.165, 1.54) is 0 Å². The zero-order chi connectivity index (χ0) is 11.6. The summed E-state index contributed by atoms with van der Waals surface area (Å²) in [5.41, 5.74) is 0.523. The lowest BCUT2D eigenvalue weighted by Crippen LogP contribution is -2.37. The number of amides is 1. The third-order valence-corrected chi connectivity index (χ3v) is 3.20. The number of rotatable bonds is 4. The molecule has 2 rings (SSSR count). The molecule has 86 valence electrons. The molecular weight excluding hydrogens is 202 g/mol. The summed E-state index contributed by atoms with van der Waals surface area (Å²) in [5, 5.41) is 2.67. The molecular formula is C13H17NO2. The molecule has 1 aromatic carbocycles. The number of ether oxygens (including phenoxy) is 1. The van der Waals surface area contributed by atoms with Gasteiger partial charge in [-0.2, -0.15) is 0 Å². The molecule has 0 aromatic heterocycles. The van der Waals surface area contributed by atoms with Crippen molar-refractivity contribution >= 4 is 5.91 Å². The molecule has 1 aromatic rings. The lowest BCUT2D eigenvalue weighted by molar-refractivity contribution is -0.137. The second-order valence-corrected chi connectivity index (χ2v) is 4.35. The van der Waals surface area contributed by atoms with Crippen molar-refractivity contribution in [2.24, 2.45) is 5.92 Å². The Morgan fingerprint density at radius 2 is 2.12 bits per heavy atom. The van der Waals surface area contributed by atoms with Gasteiger partial charge in [-0.25, -0.2) is 0 Å². The quantitative estimate of drug-likeness (QED) is 0.837. The van der Waals surface area contributed by atoms with Crippen LogP contribution in [-0.4, -0.2) is 18.6 Å². The third-order valence-electron chi connectivity index (χ3n) is 3.20. The van der Waals surface area contributed by atoms with E-state index in [-0.39, 0.29) is 5.91 Å². The molecule has 0 spiro atoms. The van der Waals surface area contributed by atoms with Gasteiger partial charge in [0.2, 0.25) is 0 Å². The Balaban J connectivity index is 1.97. The molecule has 3 nitrogen and oxygen atoms in total. The zero-order valence-electron chi connectivity index (χ0n) is 9.69. The van der Waals surface area contributed by atoms with Crippen LogP contribution in [0.2, 0.25) is 0 Å². The fourth-order valence-electron chi connectivity index (χ4n) is 1.98. The summed E-state index contributed by atoms with van der Waals surface area (Å²) in [6, 6.07) is 9.93. The van der Waals surface area contributed by atoms with E-state index in [1.54, 1.807) is 7.05 Å². The van der Waals surface area contributed by atoms with Gasteiger partial charge in [0.25, 0.3) is 5.91 Å². The summed E-state index contributed by atoms with van der Waals surface area (Å²) in [6.07, 6.45) is 0.819. The van der Waals surface area contributed by atoms with Gasteiger partial charge in [0.05, 0.1) is 6.61 Å². The summed E-state index contributed by atoms with van der Waals surface area (Å²) in [4.78, 5) is 11.7. The molecule has 1 saturated carbocycles. The van der Waals surface area contributed by atoms with Gasteiger partial charge in [-0.3, -0.25) is 4.79 Å². The van der Waals surface area contributed by atoms with Gasteiger partial charge in [0.15, 0.2) is 0 Å². The standard InChI is InChI=1S/C13H17NO2/c1-10-8-13(10,12(15)14-2)16-9-11-6-4-3-5-7-11/h3-7,10H,8-9H2,1-2H3,(H,14,15). The molecule has 3 heteroatoms. The number of likely N-dealkylation sites (N-methyl/N-ethyl adjacent to an activating group) is 1. The van der Waals surface area contributed by atoms with E-state index < -0.39 is 5.60 Å². The average molecular weight is 219 g/mol. The molecule has 1 aliphatic rings. The van der Waals surface area contributed by atoms with Crippen LogP contribution in [0.15, 0.2) is 30.3 Å². The number of benzene rings is 1. The Bertz CT molecular complexity index is 377. The monoisotopic (exact) mass is 219 g/mol. The molecule has 0 heterocycles. The molecule has 0 bridgehead atoms. The zero-order valence-corrected chi connectivity index (χ0v) is 9.69. The molecule has 1 N–H and O–H groups in total. The van der Waals surface area contributed by atoms with Crippen molar-refractivity contribution in [3.8, 4) is 0 Å². The van der Waals surface area contributed by atoms with Crippen LogP contribution >= 0.6 is 0 Å². The fourth-order valence-corrected chi connectivity index (χ4v) is 1.98. The Morgan fingerprint density at radius 3 is 2.62 bits per heavy atom.